The summed E-state index contributed by atoms with van der Waals surface area (Å²) in [6.07, 6.45) is 2.24. The Balaban J connectivity index is 1.53. The molecule has 1 saturated heterocycles. The lowest BCUT2D eigenvalue weighted by Crippen LogP contribution is -2.37. The molecule has 3 rings (SSSR count). The maximum absolute atomic E-state index is 13.9. The van der Waals surface area contributed by atoms with Crippen molar-refractivity contribution in [3.8, 4) is 11.1 Å². The van der Waals surface area contributed by atoms with Gasteiger partial charge in [-0.3, -0.25) is 9.69 Å². The minimum atomic E-state index is -0.184. The molecule has 1 N–H and O–H groups in total. The van der Waals surface area contributed by atoms with Gasteiger partial charge in [0.2, 0.25) is 5.91 Å². The molecule has 0 unspecified atom stereocenters. The molecule has 1 amide bonds. The van der Waals surface area contributed by atoms with Gasteiger partial charge < -0.3 is 5.32 Å². The third kappa shape index (κ3) is 4.89. The van der Waals surface area contributed by atoms with Gasteiger partial charge in [-0.1, -0.05) is 42.5 Å². The summed E-state index contributed by atoms with van der Waals surface area (Å²) in [7, 11) is 0. The summed E-state index contributed by atoms with van der Waals surface area (Å²) in [5.74, 6) is 0.456. The fourth-order valence-electron chi connectivity index (χ4n) is 3.38. The number of hydrogen-bond donors (Lipinski definition) is 1. The number of carbonyl (C=O) groups is 1. The average molecular weight is 340 g/mol. The highest BCUT2D eigenvalue weighted by molar-refractivity contribution is 5.72. The SMILES string of the molecule is CC(=O)NCC1CCN(Cc2ccc(-c3ccccc3F)cc2)CC1. The van der Waals surface area contributed by atoms with Crippen molar-refractivity contribution < 1.29 is 9.18 Å². The zero-order valence-electron chi connectivity index (χ0n) is 14.7. The van der Waals surface area contributed by atoms with Crippen LogP contribution in [-0.4, -0.2) is 30.4 Å². The first-order valence-corrected chi connectivity index (χ1v) is 8.92. The molecule has 1 aliphatic rings. The molecule has 0 bridgehead atoms. The molecule has 0 radical (unpaired) electrons. The Morgan fingerprint density at radius 3 is 2.44 bits per heavy atom. The van der Waals surface area contributed by atoms with Crippen molar-refractivity contribution in [1.82, 2.24) is 10.2 Å². The van der Waals surface area contributed by atoms with Crippen LogP contribution >= 0.6 is 0 Å². The van der Waals surface area contributed by atoms with E-state index in [1.165, 1.54) is 11.6 Å². The number of rotatable bonds is 5. The predicted octanol–water partition coefficient (Wildman–Crippen LogP) is 3.84. The first-order chi connectivity index (χ1) is 12.1. The Hall–Kier alpha value is -2.20. The van der Waals surface area contributed by atoms with Gasteiger partial charge in [0.1, 0.15) is 5.82 Å². The molecule has 1 fully saturated rings. The zero-order valence-corrected chi connectivity index (χ0v) is 14.7. The molecule has 1 aliphatic heterocycles. The normalized spacial score (nSPS) is 15.9. The Morgan fingerprint density at radius 2 is 1.80 bits per heavy atom. The van der Waals surface area contributed by atoms with E-state index in [4.69, 9.17) is 0 Å². The molecular formula is C21H25FN2O. The molecule has 132 valence electrons. The van der Waals surface area contributed by atoms with Gasteiger partial charge in [0, 0.05) is 25.6 Å². The van der Waals surface area contributed by atoms with Crippen LogP contribution in [0.4, 0.5) is 4.39 Å². The van der Waals surface area contributed by atoms with Crippen LogP contribution in [0.15, 0.2) is 48.5 Å². The number of carbonyl (C=O) groups excluding carboxylic acids is 1. The van der Waals surface area contributed by atoms with Crippen molar-refractivity contribution in [3.05, 3.63) is 59.9 Å². The van der Waals surface area contributed by atoms with E-state index in [0.717, 1.165) is 44.6 Å². The van der Waals surface area contributed by atoms with E-state index in [2.05, 4.69) is 22.3 Å². The van der Waals surface area contributed by atoms with Crippen LogP contribution in [0.25, 0.3) is 11.1 Å². The lowest BCUT2D eigenvalue weighted by atomic mass is 9.96. The van der Waals surface area contributed by atoms with E-state index in [-0.39, 0.29) is 11.7 Å². The van der Waals surface area contributed by atoms with Crippen LogP contribution in [-0.2, 0) is 11.3 Å². The second kappa shape index (κ2) is 8.26. The van der Waals surface area contributed by atoms with E-state index in [1.807, 2.05) is 24.3 Å². The van der Waals surface area contributed by atoms with Gasteiger partial charge in [-0.05, 0) is 49.0 Å². The standard InChI is InChI=1S/C21H25FN2O/c1-16(25)23-14-17-10-12-24(13-11-17)15-18-6-8-19(9-7-18)20-4-2-3-5-21(20)22/h2-9,17H,10-15H2,1H3,(H,23,25). The average Bonchev–Trinajstić information content (AvgIpc) is 2.62. The predicted molar refractivity (Wildman–Crippen MR) is 98.5 cm³/mol. The van der Waals surface area contributed by atoms with Gasteiger partial charge in [-0.25, -0.2) is 4.39 Å². The van der Waals surface area contributed by atoms with Crippen molar-refractivity contribution in [2.24, 2.45) is 5.92 Å². The lowest BCUT2D eigenvalue weighted by Gasteiger charge is -2.32. The second-order valence-electron chi connectivity index (χ2n) is 6.83. The molecule has 0 aliphatic carbocycles. The zero-order chi connectivity index (χ0) is 17.6. The summed E-state index contributed by atoms with van der Waals surface area (Å²) in [5.41, 5.74) is 2.81. The number of piperidine rings is 1. The monoisotopic (exact) mass is 340 g/mol. The molecule has 25 heavy (non-hydrogen) atoms. The minimum Gasteiger partial charge on any atom is -0.356 e. The van der Waals surface area contributed by atoms with Crippen LogP contribution in [0.2, 0.25) is 0 Å². The van der Waals surface area contributed by atoms with E-state index in [9.17, 15) is 9.18 Å². The summed E-state index contributed by atoms with van der Waals surface area (Å²) in [6.45, 7) is 5.39. The van der Waals surface area contributed by atoms with Crippen molar-refractivity contribution in [3.63, 3.8) is 0 Å². The molecule has 0 aromatic heterocycles. The topological polar surface area (TPSA) is 32.3 Å². The highest BCUT2D eigenvalue weighted by atomic mass is 19.1. The summed E-state index contributed by atoms with van der Waals surface area (Å²) < 4.78 is 13.9. The van der Waals surface area contributed by atoms with Gasteiger partial charge >= 0.3 is 0 Å². The van der Waals surface area contributed by atoms with E-state index in [0.29, 0.717) is 11.5 Å². The smallest absolute Gasteiger partial charge is 0.216 e. The summed E-state index contributed by atoms with van der Waals surface area (Å²) in [5, 5.41) is 2.92. The maximum Gasteiger partial charge on any atom is 0.216 e. The lowest BCUT2D eigenvalue weighted by molar-refractivity contribution is -0.119. The van der Waals surface area contributed by atoms with Crippen LogP contribution < -0.4 is 5.32 Å². The third-order valence-corrected chi connectivity index (χ3v) is 4.89. The molecule has 1 heterocycles. The van der Waals surface area contributed by atoms with E-state index < -0.39 is 0 Å². The Labute approximate surface area is 148 Å². The van der Waals surface area contributed by atoms with Crippen molar-refractivity contribution in [2.75, 3.05) is 19.6 Å². The van der Waals surface area contributed by atoms with E-state index in [1.54, 1.807) is 13.0 Å². The summed E-state index contributed by atoms with van der Waals surface area (Å²) >= 11 is 0. The molecule has 2 aromatic carbocycles. The summed E-state index contributed by atoms with van der Waals surface area (Å²) in [6, 6.07) is 15.0. The van der Waals surface area contributed by atoms with Crippen molar-refractivity contribution in [1.29, 1.82) is 0 Å². The molecule has 0 saturated carbocycles. The van der Waals surface area contributed by atoms with Crippen LogP contribution in [0, 0.1) is 11.7 Å². The molecule has 2 aromatic rings. The Bertz CT molecular complexity index is 706. The fourth-order valence-corrected chi connectivity index (χ4v) is 3.38. The quantitative estimate of drug-likeness (QED) is 0.897. The number of likely N-dealkylation sites (tertiary alicyclic amines) is 1. The number of amides is 1. The minimum absolute atomic E-state index is 0.0531. The molecule has 4 heteroatoms. The van der Waals surface area contributed by atoms with Crippen LogP contribution in [0.3, 0.4) is 0 Å². The number of benzene rings is 2. The van der Waals surface area contributed by atoms with Gasteiger partial charge in [0.05, 0.1) is 0 Å². The van der Waals surface area contributed by atoms with Crippen LogP contribution in [0.5, 0.6) is 0 Å². The van der Waals surface area contributed by atoms with Crippen LogP contribution in [0.1, 0.15) is 25.3 Å². The van der Waals surface area contributed by atoms with Gasteiger partial charge in [0.25, 0.3) is 0 Å². The fraction of sp³-hybridized carbons (Fsp3) is 0.381. The Kier molecular flexibility index (Phi) is 5.82. The first kappa shape index (κ1) is 17.6. The van der Waals surface area contributed by atoms with Gasteiger partial charge in [0.15, 0.2) is 0 Å². The van der Waals surface area contributed by atoms with Crippen molar-refractivity contribution >= 4 is 5.91 Å². The highest BCUT2D eigenvalue weighted by Crippen LogP contribution is 2.24. The second-order valence-corrected chi connectivity index (χ2v) is 6.83. The molecule has 3 nitrogen and oxygen atoms in total. The van der Waals surface area contributed by atoms with Gasteiger partial charge in [-0.15, -0.1) is 0 Å². The Morgan fingerprint density at radius 1 is 1.12 bits per heavy atom. The molecule has 0 atom stereocenters. The number of hydrogen-bond acceptors (Lipinski definition) is 2. The summed E-state index contributed by atoms with van der Waals surface area (Å²) in [4.78, 5) is 13.4. The number of halogens is 1. The molecule has 0 spiro atoms. The number of nitrogens with zero attached hydrogens (tertiary/aromatic N) is 1. The third-order valence-electron chi connectivity index (χ3n) is 4.89. The largest absolute Gasteiger partial charge is 0.356 e. The van der Waals surface area contributed by atoms with Gasteiger partial charge in [-0.2, -0.15) is 0 Å². The van der Waals surface area contributed by atoms with E-state index >= 15 is 0 Å². The molecular weight excluding hydrogens is 315 g/mol. The maximum atomic E-state index is 13.9. The highest BCUT2D eigenvalue weighted by Gasteiger charge is 2.19. The first-order valence-electron chi connectivity index (χ1n) is 8.92. The number of nitrogens with one attached hydrogen (secondary N) is 1. The van der Waals surface area contributed by atoms with Crippen molar-refractivity contribution in [2.45, 2.75) is 26.3 Å².